The van der Waals surface area contributed by atoms with Crippen LogP contribution >= 0.6 is 0 Å². The van der Waals surface area contributed by atoms with E-state index in [1.807, 2.05) is 5.32 Å². The summed E-state index contributed by atoms with van der Waals surface area (Å²) in [4.78, 5) is 26.0. The van der Waals surface area contributed by atoms with E-state index in [1.54, 1.807) is 24.1 Å². The van der Waals surface area contributed by atoms with Crippen LogP contribution in [0.4, 0.5) is 13.2 Å². The minimum Gasteiger partial charge on any atom is -0.343 e. The summed E-state index contributed by atoms with van der Waals surface area (Å²) in [6.07, 6.45) is 0.861. The molecule has 1 aromatic rings. The molecule has 1 fully saturated rings. The lowest BCUT2D eigenvalue weighted by molar-refractivity contribution is -0.124. The van der Waals surface area contributed by atoms with Gasteiger partial charge in [-0.25, -0.2) is 0 Å². The molecule has 0 aliphatic heterocycles. The molecule has 2 amide bonds. The Morgan fingerprint density at radius 1 is 1.13 bits per heavy atom. The van der Waals surface area contributed by atoms with Crippen molar-refractivity contribution < 1.29 is 22.8 Å². The van der Waals surface area contributed by atoms with E-state index in [0.29, 0.717) is 19.4 Å². The van der Waals surface area contributed by atoms with E-state index in [2.05, 4.69) is 11.4 Å². The average molecular weight is 424 g/mol. The molecule has 2 N–H and O–H groups in total. The first-order valence-corrected chi connectivity index (χ1v) is 9.97. The lowest BCUT2D eigenvalue weighted by atomic mass is 9.92. The van der Waals surface area contributed by atoms with Gasteiger partial charge in [0.05, 0.1) is 12.6 Å². The van der Waals surface area contributed by atoms with Crippen LogP contribution in [0.5, 0.6) is 0 Å². The SMILES string of the molecule is CN(CC(=O)NC1(C#N)CCCCCC1)Cc1ccc(C(=O)NCC(F)(F)F)cc1. The summed E-state index contributed by atoms with van der Waals surface area (Å²) in [7, 11) is 1.76. The Labute approximate surface area is 174 Å². The second-order valence-electron chi connectivity index (χ2n) is 7.82. The minimum absolute atomic E-state index is 0.108. The van der Waals surface area contributed by atoms with E-state index in [4.69, 9.17) is 0 Å². The van der Waals surface area contributed by atoms with E-state index in [-0.39, 0.29) is 18.0 Å². The molecule has 0 saturated heterocycles. The summed E-state index contributed by atoms with van der Waals surface area (Å²) >= 11 is 0. The van der Waals surface area contributed by atoms with Gasteiger partial charge in [0.25, 0.3) is 5.91 Å². The highest BCUT2D eigenvalue weighted by molar-refractivity contribution is 5.94. The Bertz CT molecular complexity index is 764. The zero-order chi connectivity index (χ0) is 22.2. The van der Waals surface area contributed by atoms with Gasteiger partial charge in [-0.3, -0.25) is 14.5 Å². The van der Waals surface area contributed by atoms with Crippen LogP contribution in [0, 0.1) is 11.3 Å². The molecule has 0 bridgehead atoms. The standard InChI is InChI=1S/C21H27F3N4O2/c1-28(13-18(29)27-20(14-25)10-4-2-3-5-11-20)12-16-6-8-17(9-7-16)19(30)26-15-21(22,23)24/h6-9H,2-5,10-13,15H2,1H3,(H,26,30)(H,27,29). The third-order valence-corrected chi connectivity index (χ3v) is 5.08. The van der Waals surface area contributed by atoms with Gasteiger partial charge in [-0.1, -0.05) is 37.8 Å². The monoisotopic (exact) mass is 424 g/mol. The Balaban J connectivity index is 1.85. The van der Waals surface area contributed by atoms with Gasteiger partial charge >= 0.3 is 6.18 Å². The summed E-state index contributed by atoms with van der Waals surface area (Å²) in [5.74, 6) is -1.01. The van der Waals surface area contributed by atoms with Gasteiger partial charge in [0.1, 0.15) is 12.1 Å². The molecule has 2 rings (SSSR count). The molecule has 164 valence electrons. The van der Waals surface area contributed by atoms with E-state index in [9.17, 15) is 28.0 Å². The smallest absolute Gasteiger partial charge is 0.343 e. The average Bonchev–Trinajstić information content (AvgIpc) is 2.92. The predicted octanol–water partition coefficient (Wildman–Crippen LogP) is 3.14. The lowest BCUT2D eigenvalue weighted by Crippen LogP contribution is -2.49. The van der Waals surface area contributed by atoms with Crippen LogP contribution in [-0.4, -0.2) is 48.6 Å². The third kappa shape index (κ3) is 7.67. The highest BCUT2D eigenvalue weighted by Gasteiger charge is 2.32. The fourth-order valence-corrected chi connectivity index (χ4v) is 3.56. The normalized spacial score (nSPS) is 16.4. The minimum atomic E-state index is -4.46. The number of halogens is 3. The van der Waals surface area contributed by atoms with Crippen LogP contribution in [0.15, 0.2) is 24.3 Å². The molecule has 0 radical (unpaired) electrons. The molecule has 6 nitrogen and oxygen atoms in total. The van der Waals surface area contributed by atoms with Crippen molar-refractivity contribution in [3.63, 3.8) is 0 Å². The number of alkyl halides is 3. The summed E-state index contributed by atoms with van der Waals surface area (Å²) in [6.45, 7) is -0.857. The quantitative estimate of drug-likeness (QED) is 0.659. The number of hydrogen-bond acceptors (Lipinski definition) is 4. The van der Waals surface area contributed by atoms with Gasteiger partial charge in [-0.2, -0.15) is 18.4 Å². The second-order valence-corrected chi connectivity index (χ2v) is 7.82. The van der Waals surface area contributed by atoms with Crippen LogP contribution in [0.1, 0.15) is 54.4 Å². The van der Waals surface area contributed by atoms with Gasteiger partial charge < -0.3 is 10.6 Å². The summed E-state index contributed by atoms with van der Waals surface area (Å²) in [6, 6.07) is 8.46. The Kier molecular flexibility index (Phi) is 8.24. The van der Waals surface area contributed by atoms with Gasteiger partial charge in [0, 0.05) is 12.1 Å². The van der Waals surface area contributed by atoms with Gasteiger partial charge in [0.15, 0.2) is 0 Å². The van der Waals surface area contributed by atoms with Crippen molar-refractivity contribution in [3.8, 4) is 6.07 Å². The number of carbonyl (C=O) groups excluding carboxylic acids is 2. The summed E-state index contributed by atoms with van der Waals surface area (Å²) in [5.41, 5.74) is 0.148. The van der Waals surface area contributed by atoms with Crippen molar-refractivity contribution in [3.05, 3.63) is 35.4 Å². The molecule has 0 spiro atoms. The molecule has 0 aromatic heterocycles. The summed E-state index contributed by atoms with van der Waals surface area (Å²) in [5, 5.41) is 14.3. The van der Waals surface area contributed by atoms with Crippen molar-refractivity contribution in [1.82, 2.24) is 15.5 Å². The van der Waals surface area contributed by atoms with E-state index in [0.717, 1.165) is 31.2 Å². The lowest BCUT2D eigenvalue weighted by Gasteiger charge is -2.27. The number of hydrogen-bond donors (Lipinski definition) is 2. The molecular formula is C21H27F3N4O2. The Hall–Kier alpha value is -2.60. The van der Waals surface area contributed by atoms with Crippen LogP contribution in [0.3, 0.4) is 0 Å². The van der Waals surface area contributed by atoms with Gasteiger partial charge in [-0.15, -0.1) is 0 Å². The summed E-state index contributed by atoms with van der Waals surface area (Å²) < 4.78 is 36.6. The van der Waals surface area contributed by atoms with Crippen molar-refractivity contribution >= 4 is 11.8 Å². The van der Waals surface area contributed by atoms with E-state index in [1.165, 1.54) is 12.1 Å². The Morgan fingerprint density at radius 3 is 2.27 bits per heavy atom. The second kappa shape index (κ2) is 10.4. The van der Waals surface area contributed by atoms with Crippen LogP contribution < -0.4 is 10.6 Å². The highest BCUT2D eigenvalue weighted by atomic mass is 19.4. The number of nitrogens with zero attached hydrogens (tertiary/aromatic N) is 2. The van der Waals surface area contributed by atoms with Crippen molar-refractivity contribution in [1.29, 1.82) is 5.26 Å². The molecule has 0 unspecified atom stereocenters. The molecule has 30 heavy (non-hydrogen) atoms. The van der Waals surface area contributed by atoms with Crippen molar-refractivity contribution in [2.24, 2.45) is 0 Å². The number of nitriles is 1. The van der Waals surface area contributed by atoms with E-state index >= 15 is 0 Å². The molecule has 1 aliphatic carbocycles. The first-order chi connectivity index (χ1) is 14.1. The van der Waals surface area contributed by atoms with E-state index < -0.39 is 24.2 Å². The van der Waals surface area contributed by atoms with Crippen molar-refractivity contribution in [2.75, 3.05) is 20.1 Å². The van der Waals surface area contributed by atoms with Crippen LogP contribution in [0.25, 0.3) is 0 Å². The highest BCUT2D eigenvalue weighted by Crippen LogP contribution is 2.26. The number of benzene rings is 1. The number of amides is 2. The first-order valence-electron chi connectivity index (χ1n) is 9.97. The molecular weight excluding hydrogens is 397 g/mol. The molecule has 9 heteroatoms. The fourth-order valence-electron chi connectivity index (χ4n) is 3.56. The van der Waals surface area contributed by atoms with Crippen LogP contribution in [0.2, 0.25) is 0 Å². The maximum absolute atomic E-state index is 12.4. The first kappa shape index (κ1) is 23.7. The van der Waals surface area contributed by atoms with Crippen molar-refractivity contribution in [2.45, 2.75) is 56.8 Å². The molecule has 0 heterocycles. The maximum atomic E-state index is 12.4. The number of nitrogens with one attached hydrogen (secondary N) is 2. The zero-order valence-corrected chi connectivity index (χ0v) is 17.0. The fraction of sp³-hybridized carbons (Fsp3) is 0.571. The Morgan fingerprint density at radius 2 is 1.73 bits per heavy atom. The predicted molar refractivity (Wildman–Crippen MR) is 105 cm³/mol. The van der Waals surface area contributed by atoms with Gasteiger partial charge in [0.2, 0.25) is 5.91 Å². The molecule has 1 aromatic carbocycles. The zero-order valence-electron chi connectivity index (χ0n) is 17.0. The third-order valence-electron chi connectivity index (χ3n) is 5.08. The molecule has 1 saturated carbocycles. The molecule has 1 aliphatic rings. The number of rotatable bonds is 7. The number of likely N-dealkylation sites (N-methyl/N-ethyl adjacent to an activating group) is 1. The topological polar surface area (TPSA) is 85.2 Å². The largest absolute Gasteiger partial charge is 0.405 e. The number of carbonyl (C=O) groups is 2. The van der Waals surface area contributed by atoms with Gasteiger partial charge in [-0.05, 0) is 37.6 Å². The molecule has 0 atom stereocenters. The van der Waals surface area contributed by atoms with Crippen LogP contribution in [-0.2, 0) is 11.3 Å². The maximum Gasteiger partial charge on any atom is 0.405 e.